The van der Waals surface area contributed by atoms with Crippen LogP contribution in [0.2, 0.25) is 0 Å². The molecule has 0 saturated carbocycles. The zero-order valence-electron chi connectivity index (χ0n) is 10.1. The highest BCUT2D eigenvalue weighted by atomic mass is 79.9. The molecular formula is C14H12BrF2NO. The van der Waals surface area contributed by atoms with Gasteiger partial charge in [0.1, 0.15) is 17.4 Å². The van der Waals surface area contributed by atoms with Gasteiger partial charge in [-0.15, -0.1) is 0 Å². The zero-order chi connectivity index (χ0) is 14.0. The summed E-state index contributed by atoms with van der Waals surface area (Å²) in [5.74, 6) is -0.999. The van der Waals surface area contributed by atoms with Gasteiger partial charge >= 0.3 is 0 Å². The van der Waals surface area contributed by atoms with Crippen LogP contribution in [-0.2, 0) is 0 Å². The van der Waals surface area contributed by atoms with Gasteiger partial charge in [-0.2, -0.15) is 0 Å². The van der Waals surface area contributed by atoms with Crippen LogP contribution in [0, 0.1) is 11.6 Å². The average Bonchev–Trinajstić information content (AvgIpc) is 2.33. The Morgan fingerprint density at radius 3 is 2.53 bits per heavy atom. The second-order valence-corrected chi connectivity index (χ2v) is 5.05. The molecule has 100 valence electrons. The molecule has 1 unspecified atom stereocenters. The molecule has 0 amide bonds. The van der Waals surface area contributed by atoms with Gasteiger partial charge in [-0.3, -0.25) is 0 Å². The quantitative estimate of drug-likeness (QED) is 0.863. The molecule has 2 nitrogen and oxygen atoms in total. The summed E-state index contributed by atoms with van der Waals surface area (Å²) in [5, 5.41) is 12.7. The van der Waals surface area contributed by atoms with Crippen molar-refractivity contribution in [2.24, 2.45) is 0 Å². The van der Waals surface area contributed by atoms with Crippen LogP contribution in [0.15, 0.2) is 40.9 Å². The summed E-state index contributed by atoms with van der Waals surface area (Å²) < 4.78 is 26.7. The van der Waals surface area contributed by atoms with Crippen LogP contribution >= 0.6 is 15.9 Å². The molecule has 2 rings (SSSR count). The summed E-state index contributed by atoms with van der Waals surface area (Å²) in [5.41, 5.74) is 1.13. The van der Waals surface area contributed by atoms with E-state index < -0.39 is 5.82 Å². The van der Waals surface area contributed by atoms with Gasteiger partial charge in [0.25, 0.3) is 0 Å². The second-order valence-electron chi connectivity index (χ2n) is 4.20. The number of halogens is 3. The number of hydrogen-bond donors (Lipinski definition) is 2. The molecule has 2 aromatic carbocycles. The fourth-order valence-electron chi connectivity index (χ4n) is 1.80. The monoisotopic (exact) mass is 327 g/mol. The molecule has 0 aromatic heterocycles. The van der Waals surface area contributed by atoms with E-state index in [1.807, 2.05) is 0 Å². The first-order valence-corrected chi connectivity index (χ1v) is 6.46. The highest BCUT2D eigenvalue weighted by molar-refractivity contribution is 9.10. The van der Waals surface area contributed by atoms with Crippen molar-refractivity contribution in [3.63, 3.8) is 0 Å². The predicted molar refractivity (Wildman–Crippen MR) is 74.2 cm³/mol. The van der Waals surface area contributed by atoms with Crippen molar-refractivity contribution < 1.29 is 13.9 Å². The van der Waals surface area contributed by atoms with E-state index in [9.17, 15) is 13.9 Å². The molecule has 2 aromatic rings. The molecule has 1 atom stereocenters. The van der Waals surface area contributed by atoms with Crippen LogP contribution in [0.3, 0.4) is 0 Å². The lowest BCUT2D eigenvalue weighted by molar-refractivity contribution is 0.459. The maximum atomic E-state index is 13.4. The van der Waals surface area contributed by atoms with Crippen molar-refractivity contribution in [2.45, 2.75) is 13.0 Å². The Bertz CT molecular complexity index is 604. The minimum absolute atomic E-state index is 0.127. The predicted octanol–water partition coefficient (Wildman–Crippen LogP) is 4.61. The van der Waals surface area contributed by atoms with Crippen LogP contribution in [0.4, 0.5) is 14.5 Å². The summed E-state index contributed by atoms with van der Waals surface area (Å²) >= 11 is 3.08. The van der Waals surface area contributed by atoms with E-state index in [-0.39, 0.29) is 17.6 Å². The summed E-state index contributed by atoms with van der Waals surface area (Å²) in [6.45, 7) is 1.80. The first-order valence-electron chi connectivity index (χ1n) is 5.67. The third-order valence-corrected chi connectivity index (χ3v) is 3.40. The average molecular weight is 328 g/mol. The van der Waals surface area contributed by atoms with Gasteiger partial charge < -0.3 is 10.4 Å². The number of rotatable bonds is 3. The third-order valence-electron chi connectivity index (χ3n) is 2.76. The van der Waals surface area contributed by atoms with Crippen LogP contribution in [-0.4, -0.2) is 5.11 Å². The van der Waals surface area contributed by atoms with Crippen LogP contribution in [0.1, 0.15) is 18.5 Å². The summed E-state index contributed by atoms with van der Waals surface area (Å²) in [6, 6.07) is 8.20. The van der Waals surface area contributed by atoms with E-state index in [1.165, 1.54) is 18.2 Å². The smallest absolute Gasteiger partial charge is 0.139 e. The largest absolute Gasteiger partial charge is 0.507 e. The van der Waals surface area contributed by atoms with Gasteiger partial charge in [-0.05, 0) is 47.1 Å². The second kappa shape index (κ2) is 5.57. The maximum absolute atomic E-state index is 13.4. The van der Waals surface area contributed by atoms with Crippen LogP contribution in [0.25, 0.3) is 0 Å². The van der Waals surface area contributed by atoms with Gasteiger partial charge in [0, 0.05) is 17.3 Å². The lowest BCUT2D eigenvalue weighted by Crippen LogP contribution is -2.07. The topological polar surface area (TPSA) is 32.3 Å². The molecule has 5 heteroatoms. The molecule has 0 fully saturated rings. The van der Waals surface area contributed by atoms with Crippen molar-refractivity contribution in [1.29, 1.82) is 0 Å². The fourth-order valence-corrected chi connectivity index (χ4v) is 2.04. The normalized spacial score (nSPS) is 12.2. The van der Waals surface area contributed by atoms with Gasteiger partial charge in [-0.25, -0.2) is 8.78 Å². The molecule has 0 heterocycles. The molecule has 0 aliphatic carbocycles. The Morgan fingerprint density at radius 2 is 1.89 bits per heavy atom. The Kier molecular flexibility index (Phi) is 4.04. The van der Waals surface area contributed by atoms with Gasteiger partial charge in [0.2, 0.25) is 0 Å². The Labute approximate surface area is 118 Å². The molecule has 0 aliphatic heterocycles. The lowest BCUT2D eigenvalue weighted by Gasteiger charge is -2.17. The third kappa shape index (κ3) is 3.23. The number of anilines is 1. The first-order chi connectivity index (χ1) is 8.97. The van der Waals surface area contributed by atoms with Gasteiger partial charge in [-0.1, -0.05) is 6.07 Å². The Balaban J connectivity index is 2.20. The van der Waals surface area contributed by atoms with Crippen molar-refractivity contribution in [3.05, 3.63) is 58.1 Å². The molecule has 0 radical (unpaired) electrons. The Morgan fingerprint density at radius 1 is 1.16 bits per heavy atom. The first kappa shape index (κ1) is 13.8. The van der Waals surface area contributed by atoms with Crippen molar-refractivity contribution in [1.82, 2.24) is 0 Å². The van der Waals surface area contributed by atoms with Gasteiger partial charge in [0.05, 0.1) is 10.5 Å². The summed E-state index contributed by atoms with van der Waals surface area (Å²) in [7, 11) is 0. The standard InChI is InChI=1S/C14H12BrF2NO/c1-8(11-4-2-9(16)6-14(11)19)18-10-3-5-12(15)13(17)7-10/h2-8,18-19H,1H3. The number of benzene rings is 2. The summed E-state index contributed by atoms with van der Waals surface area (Å²) in [4.78, 5) is 0. The van der Waals surface area contributed by atoms with E-state index in [0.29, 0.717) is 15.7 Å². The SMILES string of the molecule is CC(Nc1ccc(Br)c(F)c1)c1ccc(F)cc1O. The van der Waals surface area contributed by atoms with Crippen molar-refractivity contribution >= 4 is 21.6 Å². The highest BCUT2D eigenvalue weighted by Gasteiger charge is 2.11. The van der Waals surface area contributed by atoms with Crippen molar-refractivity contribution in [2.75, 3.05) is 5.32 Å². The van der Waals surface area contributed by atoms with E-state index in [0.717, 1.165) is 6.07 Å². The lowest BCUT2D eigenvalue weighted by atomic mass is 10.1. The Hall–Kier alpha value is -1.62. The molecule has 0 spiro atoms. The molecular weight excluding hydrogens is 316 g/mol. The van der Waals surface area contributed by atoms with E-state index in [2.05, 4.69) is 21.2 Å². The number of phenols is 1. The number of aromatic hydroxyl groups is 1. The molecule has 0 bridgehead atoms. The van der Waals surface area contributed by atoms with Crippen LogP contribution < -0.4 is 5.32 Å². The molecule has 0 aliphatic rings. The minimum atomic E-state index is -0.497. The molecule has 2 N–H and O–H groups in total. The van der Waals surface area contributed by atoms with E-state index >= 15 is 0 Å². The number of nitrogens with one attached hydrogen (secondary N) is 1. The minimum Gasteiger partial charge on any atom is -0.507 e. The van der Waals surface area contributed by atoms with E-state index in [4.69, 9.17) is 0 Å². The molecule has 19 heavy (non-hydrogen) atoms. The molecule has 0 saturated heterocycles. The fraction of sp³-hybridized carbons (Fsp3) is 0.143. The number of hydrogen-bond acceptors (Lipinski definition) is 2. The van der Waals surface area contributed by atoms with E-state index in [1.54, 1.807) is 19.1 Å². The zero-order valence-corrected chi connectivity index (χ0v) is 11.7. The highest BCUT2D eigenvalue weighted by Crippen LogP contribution is 2.28. The number of phenolic OH excluding ortho intramolecular Hbond substituents is 1. The summed E-state index contributed by atoms with van der Waals surface area (Å²) in [6.07, 6.45) is 0. The van der Waals surface area contributed by atoms with Crippen molar-refractivity contribution in [3.8, 4) is 5.75 Å². The van der Waals surface area contributed by atoms with Crippen LogP contribution in [0.5, 0.6) is 5.75 Å². The maximum Gasteiger partial charge on any atom is 0.139 e. The van der Waals surface area contributed by atoms with Gasteiger partial charge in [0.15, 0.2) is 0 Å².